The van der Waals surface area contributed by atoms with Gasteiger partial charge in [0.15, 0.2) is 0 Å². The van der Waals surface area contributed by atoms with Gasteiger partial charge in [0.2, 0.25) is 5.91 Å². The van der Waals surface area contributed by atoms with E-state index in [-0.39, 0.29) is 5.91 Å². The van der Waals surface area contributed by atoms with E-state index >= 15 is 0 Å². The van der Waals surface area contributed by atoms with Gasteiger partial charge < -0.3 is 10.6 Å². The lowest BCUT2D eigenvalue weighted by Gasteiger charge is -2.17. The van der Waals surface area contributed by atoms with Crippen LogP contribution in [0.1, 0.15) is 11.1 Å². The van der Waals surface area contributed by atoms with E-state index < -0.39 is 0 Å². The summed E-state index contributed by atoms with van der Waals surface area (Å²) < 4.78 is 0. The third kappa shape index (κ3) is 4.02. The molecule has 0 heterocycles. The second kappa shape index (κ2) is 6.68. The molecule has 0 radical (unpaired) electrons. The summed E-state index contributed by atoms with van der Waals surface area (Å²) >= 11 is 1.56. The van der Waals surface area contributed by atoms with E-state index in [4.69, 9.17) is 5.73 Å². The fourth-order valence-electron chi connectivity index (χ4n) is 1.89. The maximum atomic E-state index is 12.2. The third-order valence-electron chi connectivity index (χ3n) is 3.50. The number of carbonyl (C=O) groups excluding carboxylic acids is 1. The van der Waals surface area contributed by atoms with E-state index in [0.29, 0.717) is 11.4 Å². The molecule has 0 saturated heterocycles. The second-order valence-electron chi connectivity index (χ2n) is 5.08. The molecular formula is C17H20N2OS. The van der Waals surface area contributed by atoms with Gasteiger partial charge in [-0.3, -0.25) is 4.79 Å². The summed E-state index contributed by atoms with van der Waals surface area (Å²) in [6.07, 6.45) is 0. The highest BCUT2D eigenvalue weighted by Crippen LogP contribution is 2.22. The molecule has 0 saturated carbocycles. The predicted molar refractivity (Wildman–Crippen MR) is 90.9 cm³/mol. The van der Waals surface area contributed by atoms with Crippen LogP contribution in [0, 0.1) is 13.8 Å². The van der Waals surface area contributed by atoms with Crippen LogP contribution in [-0.2, 0) is 4.79 Å². The molecule has 2 rings (SSSR count). The van der Waals surface area contributed by atoms with Gasteiger partial charge in [-0.2, -0.15) is 0 Å². The Balaban J connectivity index is 1.97. The number of hydrogen-bond acceptors (Lipinski definition) is 3. The highest BCUT2D eigenvalue weighted by Gasteiger charge is 2.11. The first kappa shape index (κ1) is 15.4. The molecule has 3 nitrogen and oxygen atoms in total. The van der Waals surface area contributed by atoms with Crippen LogP contribution < -0.4 is 10.6 Å². The lowest BCUT2D eigenvalue weighted by Crippen LogP contribution is -2.27. The molecule has 0 aliphatic rings. The van der Waals surface area contributed by atoms with Gasteiger partial charge in [0, 0.05) is 23.3 Å². The number of rotatable bonds is 4. The van der Waals surface area contributed by atoms with Crippen LogP contribution in [0.15, 0.2) is 47.4 Å². The molecule has 2 aromatic rings. The minimum atomic E-state index is 0.0722. The SMILES string of the molecule is Cc1ccc(SCC(=O)N(C)c2ccc(N)cc2)cc1C. The Hall–Kier alpha value is -1.94. The van der Waals surface area contributed by atoms with Crippen LogP contribution >= 0.6 is 11.8 Å². The van der Waals surface area contributed by atoms with Crippen molar-refractivity contribution < 1.29 is 4.79 Å². The highest BCUT2D eigenvalue weighted by molar-refractivity contribution is 8.00. The van der Waals surface area contributed by atoms with Gasteiger partial charge in [0.05, 0.1) is 5.75 Å². The second-order valence-corrected chi connectivity index (χ2v) is 6.13. The first-order chi connectivity index (χ1) is 9.97. The summed E-state index contributed by atoms with van der Waals surface area (Å²) in [6.45, 7) is 4.17. The van der Waals surface area contributed by atoms with Gasteiger partial charge in [0.25, 0.3) is 0 Å². The van der Waals surface area contributed by atoms with Crippen molar-refractivity contribution in [2.24, 2.45) is 0 Å². The number of nitrogens with two attached hydrogens (primary N) is 1. The number of carbonyl (C=O) groups is 1. The van der Waals surface area contributed by atoms with Crippen LogP contribution in [0.25, 0.3) is 0 Å². The summed E-state index contributed by atoms with van der Waals surface area (Å²) in [5, 5.41) is 0. The molecular weight excluding hydrogens is 280 g/mol. The lowest BCUT2D eigenvalue weighted by atomic mass is 10.1. The Bertz CT molecular complexity index is 638. The van der Waals surface area contributed by atoms with E-state index in [1.165, 1.54) is 11.1 Å². The predicted octanol–water partition coefficient (Wildman–Crippen LogP) is 3.64. The normalized spacial score (nSPS) is 10.4. The van der Waals surface area contributed by atoms with E-state index in [9.17, 15) is 4.79 Å². The first-order valence-corrected chi connectivity index (χ1v) is 7.78. The summed E-state index contributed by atoms with van der Waals surface area (Å²) in [5.41, 5.74) is 9.73. The molecule has 21 heavy (non-hydrogen) atoms. The Labute approximate surface area is 130 Å². The fourth-order valence-corrected chi connectivity index (χ4v) is 2.80. The number of aryl methyl sites for hydroxylation is 2. The molecule has 2 aromatic carbocycles. The molecule has 0 bridgehead atoms. The molecule has 2 N–H and O–H groups in total. The van der Waals surface area contributed by atoms with Crippen molar-refractivity contribution in [1.82, 2.24) is 0 Å². The van der Waals surface area contributed by atoms with Crippen LogP contribution in [0.3, 0.4) is 0 Å². The van der Waals surface area contributed by atoms with Gasteiger partial charge in [0.1, 0.15) is 0 Å². The van der Waals surface area contributed by atoms with Gasteiger partial charge in [-0.05, 0) is 61.4 Å². The number of hydrogen-bond donors (Lipinski definition) is 1. The fraction of sp³-hybridized carbons (Fsp3) is 0.235. The van der Waals surface area contributed by atoms with Crippen LogP contribution in [0.4, 0.5) is 11.4 Å². The van der Waals surface area contributed by atoms with E-state index in [0.717, 1.165) is 10.6 Å². The largest absolute Gasteiger partial charge is 0.399 e. The third-order valence-corrected chi connectivity index (χ3v) is 4.47. The van der Waals surface area contributed by atoms with Crippen LogP contribution in [0.5, 0.6) is 0 Å². The lowest BCUT2D eigenvalue weighted by molar-refractivity contribution is -0.115. The quantitative estimate of drug-likeness (QED) is 0.692. The number of nitrogen functional groups attached to an aromatic ring is 1. The molecule has 0 aromatic heterocycles. The molecule has 4 heteroatoms. The van der Waals surface area contributed by atoms with Gasteiger partial charge >= 0.3 is 0 Å². The van der Waals surface area contributed by atoms with Crippen LogP contribution in [0.2, 0.25) is 0 Å². The minimum Gasteiger partial charge on any atom is -0.399 e. The number of anilines is 2. The van der Waals surface area contributed by atoms with Crippen molar-refractivity contribution in [1.29, 1.82) is 0 Å². The van der Waals surface area contributed by atoms with E-state index in [2.05, 4.69) is 32.0 Å². The molecule has 0 aliphatic heterocycles. The zero-order valence-corrected chi connectivity index (χ0v) is 13.4. The van der Waals surface area contributed by atoms with Crippen LogP contribution in [-0.4, -0.2) is 18.7 Å². The molecule has 0 fully saturated rings. The number of amides is 1. The van der Waals surface area contributed by atoms with Crippen molar-refractivity contribution in [2.75, 3.05) is 23.4 Å². The molecule has 1 amide bonds. The Morgan fingerprint density at radius 3 is 2.38 bits per heavy atom. The van der Waals surface area contributed by atoms with Crippen molar-refractivity contribution in [3.63, 3.8) is 0 Å². The molecule has 0 aliphatic carbocycles. The summed E-state index contributed by atoms with van der Waals surface area (Å²) in [4.78, 5) is 15.0. The number of nitrogens with zero attached hydrogens (tertiary/aromatic N) is 1. The average Bonchev–Trinajstić information content (AvgIpc) is 2.48. The monoisotopic (exact) mass is 300 g/mol. The molecule has 0 atom stereocenters. The zero-order valence-electron chi connectivity index (χ0n) is 12.6. The Morgan fingerprint density at radius 2 is 1.76 bits per heavy atom. The van der Waals surface area contributed by atoms with Gasteiger partial charge in [-0.15, -0.1) is 11.8 Å². The minimum absolute atomic E-state index is 0.0722. The summed E-state index contributed by atoms with van der Waals surface area (Å²) in [7, 11) is 1.79. The van der Waals surface area contributed by atoms with Crippen molar-refractivity contribution in [3.05, 3.63) is 53.6 Å². The summed E-state index contributed by atoms with van der Waals surface area (Å²) in [6, 6.07) is 13.6. The molecule has 0 unspecified atom stereocenters. The van der Waals surface area contributed by atoms with E-state index in [1.54, 1.807) is 35.8 Å². The zero-order chi connectivity index (χ0) is 15.4. The maximum Gasteiger partial charge on any atom is 0.237 e. The van der Waals surface area contributed by atoms with Crippen molar-refractivity contribution in [2.45, 2.75) is 18.7 Å². The Morgan fingerprint density at radius 1 is 1.10 bits per heavy atom. The standard InChI is InChI=1S/C17H20N2OS/c1-12-4-9-16(10-13(12)2)21-11-17(20)19(3)15-7-5-14(18)6-8-15/h4-10H,11,18H2,1-3H3. The van der Waals surface area contributed by atoms with E-state index in [1.807, 2.05) is 12.1 Å². The Kier molecular flexibility index (Phi) is 4.91. The molecule has 110 valence electrons. The number of thioether (sulfide) groups is 1. The molecule has 0 spiro atoms. The van der Waals surface area contributed by atoms with Gasteiger partial charge in [-0.25, -0.2) is 0 Å². The highest BCUT2D eigenvalue weighted by atomic mass is 32.2. The number of benzene rings is 2. The van der Waals surface area contributed by atoms with Crippen molar-refractivity contribution >= 4 is 29.0 Å². The smallest absolute Gasteiger partial charge is 0.237 e. The van der Waals surface area contributed by atoms with Gasteiger partial charge in [-0.1, -0.05) is 6.07 Å². The maximum absolute atomic E-state index is 12.2. The topological polar surface area (TPSA) is 46.3 Å². The van der Waals surface area contributed by atoms with Crippen molar-refractivity contribution in [3.8, 4) is 0 Å². The average molecular weight is 300 g/mol. The summed E-state index contributed by atoms with van der Waals surface area (Å²) in [5.74, 6) is 0.492. The first-order valence-electron chi connectivity index (χ1n) is 6.79.